The zero-order chi connectivity index (χ0) is 19.7. The van der Waals surface area contributed by atoms with Crippen LogP contribution in [0, 0.1) is 0 Å². The van der Waals surface area contributed by atoms with Crippen LogP contribution in [0.3, 0.4) is 0 Å². The molecule has 1 unspecified atom stereocenters. The zero-order valence-corrected chi connectivity index (χ0v) is 19.3. The Morgan fingerprint density at radius 1 is 1.29 bits per heavy atom. The summed E-state index contributed by atoms with van der Waals surface area (Å²) in [5, 5.41) is 2.89. The maximum atomic E-state index is 12.0. The van der Waals surface area contributed by atoms with Crippen molar-refractivity contribution in [3.8, 4) is 11.5 Å². The molecule has 0 aliphatic carbocycles. The van der Waals surface area contributed by atoms with Crippen LogP contribution in [-0.2, 0) is 14.8 Å². The second kappa shape index (κ2) is 12.3. The average Bonchev–Trinajstić information content (AvgIpc) is 2.67. The molecule has 2 rings (SSSR count). The molecule has 1 saturated heterocycles. The third-order valence-corrected chi connectivity index (χ3v) is 5.43. The van der Waals surface area contributed by atoms with Crippen molar-refractivity contribution in [3.05, 3.63) is 18.2 Å². The molecule has 160 valence electrons. The van der Waals surface area contributed by atoms with Gasteiger partial charge in [0.15, 0.2) is 17.5 Å². The Labute approximate surface area is 183 Å². The minimum atomic E-state index is -3.43. The molecular formula is C17H29IN4O5S. The molecule has 0 bridgehead atoms. The predicted octanol–water partition coefficient (Wildman–Crippen LogP) is 1.54. The van der Waals surface area contributed by atoms with Gasteiger partial charge in [0.05, 0.1) is 32.6 Å². The molecule has 1 fully saturated rings. The number of nitrogens with two attached hydrogens (primary N) is 1. The van der Waals surface area contributed by atoms with Crippen molar-refractivity contribution < 1.29 is 22.6 Å². The van der Waals surface area contributed by atoms with E-state index in [-0.39, 0.29) is 48.3 Å². The Balaban J connectivity index is 0.00000392. The first-order valence-electron chi connectivity index (χ1n) is 8.81. The quantitative estimate of drug-likeness (QED) is 0.252. The predicted molar refractivity (Wildman–Crippen MR) is 120 cm³/mol. The van der Waals surface area contributed by atoms with E-state index in [2.05, 4.69) is 15.0 Å². The highest BCUT2D eigenvalue weighted by molar-refractivity contribution is 14.0. The van der Waals surface area contributed by atoms with E-state index in [1.165, 1.54) is 7.11 Å². The molecule has 1 aromatic carbocycles. The van der Waals surface area contributed by atoms with Gasteiger partial charge in [-0.2, -0.15) is 0 Å². The van der Waals surface area contributed by atoms with Gasteiger partial charge in [-0.1, -0.05) is 0 Å². The third-order valence-electron chi connectivity index (χ3n) is 4.10. The molecular weight excluding hydrogens is 499 g/mol. The molecule has 0 radical (unpaired) electrons. The highest BCUT2D eigenvalue weighted by Gasteiger charge is 2.17. The smallest absolute Gasteiger partial charge is 0.213 e. The van der Waals surface area contributed by atoms with E-state index >= 15 is 0 Å². The fourth-order valence-electron chi connectivity index (χ4n) is 2.65. The summed E-state index contributed by atoms with van der Waals surface area (Å²) in [6.45, 7) is 1.04. The molecule has 0 spiro atoms. The molecule has 1 atom stereocenters. The molecule has 0 aromatic heterocycles. The Kier molecular flexibility index (Phi) is 10.9. The van der Waals surface area contributed by atoms with Crippen molar-refractivity contribution in [1.29, 1.82) is 0 Å². The molecule has 0 saturated carbocycles. The van der Waals surface area contributed by atoms with E-state index in [0.717, 1.165) is 19.3 Å². The van der Waals surface area contributed by atoms with Crippen LogP contribution in [0.15, 0.2) is 23.2 Å². The fraction of sp³-hybridized carbons (Fsp3) is 0.588. The van der Waals surface area contributed by atoms with E-state index in [1.807, 2.05) is 0 Å². The number of hydrogen-bond acceptors (Lipinski definition) is 6. The standard InChI is InChI=1S/C17H28N4O5S.HI/c1-24-15-7-6-13(11-16(15)25-2)21-17(18)19-8-10-27(22,23)20-12-14-5-3-4-9-26-14;/h6-7,11,14,20H,3-5,8-10,12H2,1-2H3,(H3,18,19,21);1H. The molecule has 1 aliphatic rings. The van der Waals surface area contributed by atoms with Crippen LogP contribution in [0.5, 0.6) is 11.5 Å². The van der Waals surface area contributed by atoms with Crippen molar-refractivity contribution >= 4 is 45.6 Å². The Hall–Kier alpha value is -1.31. The van der Waals surface area contributed by atoms with Gasteiger partial charge in [-0.05, 0) is 31.4 Å². The van der Waals surface area contributed by atoms with Crippen LogP contribution < -0.4 is 25.2 Å². The second-order valence-electron chi connectivity index (χ2n) is 6.12. The van der Waals surface area contributed by atoms with Gasteiger partial charge in [0.2, 0.25) is 10.0 Å². The van der Waals surface area contributed by atoms with Gasteiger partial charge in [0.25, 0.3) is 0 Å². The molecule has 28 heavy (non-hydrogen) atoms. The van der Waals surface area contributed by atoms with Crippen LogP contribution >= 0.6 is 24.0 Å². The highest BCUT2D eigenvalue weighted by atomic mass is 127. The first kappa shape index (κ1) is 24.7. The summed E-state index contributed by atoms with van der Waals surface area (Å²) >= 11 is 0. The lowest BCUT2D eigenvalue weighted by atomic mass is 10.1. The summed E-state index contributed by atoms with van der Waals surface area (Å²) in [5.74, 6) is 1.12. The number of guanidine groups is 1. The first-order chi connectivity index (χ1) is 12.9. The van der Waals surface area contributed by atoms with Gasteiger partial charge in [0.1, 0.15) is 0 Å². The Morgan fingerprint density at radius 3 is 2.68 bits per heavy atom. The summed E-state index contributed by atoms with van der Waals surface area (Å²) in [6.07, 6.45) is 2.93. The second-order valence-corrected chi connectivity index (χ2v) is 8.04. The number of ether oxygens (including phenoxy) is 3. The number of halogens is 1. The van der Waals surface area contributed by atoms with Crippen LogP contribution in [0.4, 0.5) is 5.69 Å². The highest BCUT2D eigenvalue weighted by Crippen LogP contribution is 2.29. The summed E-state index contributed by atoms with van der Waals surface area (Å²) in [5.41, 5.74) is 6.48. The minimum Gasteiger partial charge on any atom is -0.493 e. The lowest BCUT2D eigenvalue weighted by molar-refractivity contribution is 0.0200. The Bertz CT molecular complexity index is 739. The minimum absolute atomic E-state index is 0. The lowest BCUT2D eigenvalue weighted by Gasteiger charge is -2.22. The lowest BCUT2D eigenvalue weighted by Crippen LogP contribution is -2.37. The topological polar surface area (TPSA) is 124 Å². The van der Waals surface area contributed by atoms with Crippen molar-refractivity contribution in [2.45, 2.75) is 25.4 Å². The van der Waals surface area contributed by atoms with Crippen molar-refractivity contribution in [2.24, 2.45) is 10.7 Å². The number of aliphatic imine (C=N–C) groups is 1. The molecule has 1 heterocycles. The number of methoxy groups -OCH3 is 2. The van der Waals surface area contributed by atoms with Crippen molar-refractivity contribution in [1.82, 2.24) is 4.72 Å². The van der Waals surface area contributed by atoms with Crippen molar-refractivity contribution in [3.63, 3.8) is 0 Å². The summed E-state index contributed by atoms with van der Waals surface area (Å²) in [6, 6.07) is 5.20. The molecule has 11 heteroatoms. The average molecular weight is 528 g/mol. The van der Waals surface area contributed by atoms with E-state index in [9.17, 15) is 8.42 Å². The number of rotatable bonds is 9. The van der Waals surface area contributed by atoms with Gasteiger partial charge in [-0.3, -0.25) is 4.99 Å². The SMILES string of the molecule is COc1ccc(NC(N)=NCCS(=O)(=O)NCC2CCCCO2)cc1OC.I. The number of nitrogens with zero attached hydrogens (tertiary/aromatic N) is 1. The van der Waals surface area contributed by atoms with Crippen LogP contribution in [0.25, 0.3) is 0 Å². The molecule has 1 aliphatic heterocycles. The monoisotopic (exact) mass is 528 g/mol. The molecule has 4 N–H and O–H groups in total. The van der Waals surface area contributed by atoms with Gasteiger partial charge < -0.3 is 25.3 Å². The summed E-state index contributed by atoms with van der Waals surface area (Å²) in [4.78, 5) is 4.06. The summed E-state index contributed by atoms with van der Waals surface area (Å²) < 4.78 is 42.5. The number of nitrogens with one attached hydrogen (secondary N) is 2. The maximum Gasteiger partial charge on any atom is 0.213 e. The molecule has 0 amide bonds. The van der Waals surface area contributed by atoms with Gasteiger partial charge in [-0.15, -0.1) is 24.0 Å². The number of benzene rings is 1. The zero-order valence-electron chi connectivity index (χ0n) is 16.1. The van der Waals surface area contributed by atoms with Crippen LogP contribution in [-0.4, -0.2) is 60.2 Å². The summed E-state index contributed by atoms with van der Waals surface area (Å²) in [7, 11) is -0.338. The number of sulfonamides is 1. The Morgan fingerprint density at radius 2 is 2.04 bits per heavy atom. The largest absolute Gasteiger partial charge is 0.493 e. The number of anilines is 1. The van der Waals surface area contributed by atoms with E-state index < -0.39 is 10.0 Å². The van der Waals surface area contributed by atoms with Crippen LogP contribution in [0.2, 0.25) is 0 Å². The molecule has 9 nitrogen and oxygen atoms in total. The number of hydrogen-bond donors (Lipinski definition) is 3. The van der Waals surface area contributed by atoms with Gasteiger partial charge in [0, 0.05) is 24.9 Å². The molecule has 1 aromatic rings. The van der Waals surface area contributed by atoms with Gasteiger partial charge >= 0.3 is 0 Å². The maximum absolute atomic E-state index is 12.0. The van der Waals surface area contributed by atoms with Crippen molar-refractivity contribution in [2.75, 3.05) is 45.0 Å². The van der Waals surface area contributed by atoms with Gasteiger partial charge in [-0.25, -0.2) is 13.1 Å². The van der Waals surface area contributed by atoms with E-state index in [4.69, 9.17) is 19.9 Å². The first-order valence-corrected chi connectivity index (χ1v) is 10.5. The van der Waals surface area contributed by atoms with E-state index in [0.29, 0.717) is 30.3 Å². The third kappa shape index (κ3) is 8.37. The van der Waals surface area contributed by atoms with E-state index in [1.54, 1.807) is 25.3 Å². The fourth-order valence-corrected chi connectivity index (χ4v) is 3.56. The van der Waals surface area contributed by atoms with Crippen LogP contribution in [0.1, 0.15) is 19.3 Å². The normalized spacial score (nSPS) is 17.5.